The maximum absolute atomic E-state index is 11.5. The maximum Gasteiger partial charge on any atom is 0.226 e. The summed E-state index contributed by atoms with van der Waals surface area (Å²) in [6.45, 7) is 9.11. The van der Waals surface area contributed by atoms with Crippen molar-refractivity contribution in [3.05, 3.63) is 23.0 Å². The Labute approximate surface area is 361 Å². The van der Waals surface area contributed by atoms with Crippen molar-refractivity contribution in [3.63, 3.8) is 0 Å². The lowest BCUT2D eigenvalue weighted by molar-refractivity contribution is -0.195. The number of anilines is 2. The highest BCUT2D eigenvalue weighted by Crippen LogP contribution is 2.46. The van der Waals surface area contributed by atoms with Gasteiger partial charge in [0.05, 0.1) is 35.4 Å². The van der Waals surface area contributed by atoms with Crippen molar-refractivity contribution in [1.82, 2.24) is 39.5 Å². The highest BCUT2D eigenvalue weighted by atomic mass is 35.5. The molecule has 6 aliphatic rings. The first-order valence-electron chi connectivity index (χ1n) is 20.4. The van der Waals surface area contributed by atoms with E-state index in [-0.39, 0.29) is 52.3 Å². The third kappa shape index (κ3) is 8.49. The fourth-order valence-electron chi connectivity index (χ4n) is 9.11. The summed E-state index contributed by atoms with van der Waals surface area (Å²) in [4.78, 5) is 29.2. The van der Waals surface area contributed by atoms with Gasteiger partial charge in [0.2, 0.25) is 10.6 Å². The van der Waals surface area contributed by atoms with Crippen LogP contribution in [0.1, 0.15) is 98.4 Å². The second kappa shape index (κ2) is 16.6. The molecule has 6 fully saturated rings. The molecule has 4 aromatic rings. The van der Waals surface area contributed by atoms with Crippen LogP contribution in [0.25, 0.3) is 22.1 Å². The molecule has 0 amide bonds. The third-order valence-corrected chi connectivity index (χ3v) is 13.2. The zero-order valence-electron chi connectivity index (χ0n) is 33.5. The number of nitrogens with one attached hydrogen (secondary N) is 2. The lowest BCUT2D eigenvalue weighted by Crippen LogP contribution is -2.31. The number of carbonyl (C=O) groups is 1. The number of nitrogens with zero attached hydrogens (tertiary/aromatic N) is 8. The van der Waals surface area contributed by atoms with Gasteiger partial charge >= 0.3 is 0 Å². The van der Waals surface area contributed by atoms with Crippen LogP contribution in [0.4, 0.5) is 11.6 Å². The number of hydrogen-bond acceptors (Lipinski definition) is 17. The summed E-state index contributed by atoms with van der Waals surface area (Å²) in [6, 6.07) is 0.788. The molecule has 8 atom stereocenters. The van der Waals surface area contributed by atoms with Gasteiger partial charge in [-0.2, -0.15) is 42.8 Å². The molecule has 2 saturated carbocycles. The Hall–Kier alpha value is -2.59. The van der Waals surface area contributed by atoms with Gasteiger partial charge in [-0.3, -0.25) is 4.79 Å². The molecule has 0 unspecified atom stereocenters. The van der Waals surface area contributed by atoms with E-state index >= 15 is 0 Å². The average Bonchev–Trinajstić information content (AvgIpc) is 4.02. The lowest BCUT2D eigenvalue weighted by atomic mass is 10.1. The van der Waals surface area contributed by atoms with E-state index in [1.807, 2.05) is 27.7 Å². The molecule has 0 bridgehead atoms. The predicted octanol–water partition coefficient (Wildman–Crippen LogP) is 6.71. The van der Waals surface area contributed by atoms with Crippen molar-refractivity contribution in [2.75, 3.05) is 22.1 Å². The highest BCUT2D eigenvalue weighted by Gasteiger charge is 2.57. The fourth-order valence-corrected chi connectivity index (χ4v) is 10.4. The van der Waals surface area contributed by atoms with Crippen LogP contribution >= 0.6 is 47.6 Å². The number of rotatable bonds is 9. The Bertz CT molecular complexity index is 2180. The molecule has 0 aromatic carbocycles. The molecule has 4 aromatic heterocycles. The van der Waals surface area contributed by atoms with Gasteiger partial charge in [0.15, 0.2) is 40.4 Å². The van der Waals surface area contributed by atoms with Crippen molar-refractivity contribution < 1.29 is 33.2 Å². The number of hydrogen-bond donors (Lipinski definition) is 3. The van der Waals surface area contributed by atoms with Crippen molar-refractivity contribution in [2.45, 2.75) is 159 Å². The second-order valence-electron chi connectivity index (χ2n) is 16.8. The smallest absolute Gasteiger partial charge is 0.226 e. The van der Waals surface area contributed by atoms with Crippen molar-refractivity contribution in [3.8, 4) is 0 Å². The van der Waals surface area contributed by atoms with Gasteiger partial charge in [-0.25, -0.2) is 9.36 Å². The normalized spacial score (nSPS) is 31.2. The zero-order valence-corrected chi connectivity index (χ0v) is 36.8. The van der Waals surface area contributed by atoms with E-state index in [1.165, 1.54) is 37.4 Å². The van der Waals surface area contributed by atoms with Gasteiger partial charge < -0.3 is 39.1 Å². The van der Waals surface area contributed by atoms with E-state index in [0.29, 0.717) is 40.7 Å². The molecule has 8 heterocycles. The molecule has 2 N–H and O–H groups in total. The van der Waals surface area contributed by atoms with Gasteiger partial charge in [-0.15, -0.1) is 0 Å². The van der Waals surface area contributed by atoms with Crippen LogP contribution in [0, 0.1) is 0 Å². The van der Waals surface area contributed by atoms with Crippen LogP contribution in [-0.2, 0) is 33.2 Å². The largest absolute Gasteiger partial charge is 0.367 e. The summed E-state index contributed by atoms with van der Waals surface area (Å²) < 4.78 is 40.4. The van der Waals surface area contributed by atoms with E-state index in [2.05, 4.69) is 53.4 Å². The third-order valence-electron chi connectivity index (χ3n) is 11.6. The van der Waals surface area contributed by atoms with Crippen LogP contribution in [0.5, 0.6) is 0 Å². The van der Waals surface area contributed by atoms with E-state index < -0.39 is 24.0 Å². The molecule has 320 valence electrons. The van der Waals surface area contributed by atoms with E-state index in [0.717, 1.165) is 42.3 Å². The molecule has 0 spiro atoms. The molecule has 59 heavy (non-hydrogen) atoms. The predicted molar refractivity (Wildman–Crippen MR) is 225 cm³/mol. The van der Waals surface area contributed by atoms with E-state index in [1.54, 1.807) is 28.7 Å². The molecule has 21 heteroatoms. The van der Waals surface area contributed by atoms with Crippen LogP contribution < -0.4 is 10.6 Å². The molecule has 17 nitrogen and oxygen atoms in total. The van der Waals surface area contributed by atoms with Gasteiger partial charge in [-0.05, 0) is 76.6 Å². The summed E-state index contributed by atoms with van der Waals surface area (Å²) in [5.41, 5.74) is 1.20. The standard InChI is InChI=1S/C20H26ClN5O4S.C18H24ClN5O3S/c1-10(27)31-9-13-14-15(30-20(2,3)29-14)18(28-13)26-17-12(8-22-26)16(24-19(21)25-17)23-11-6-4-5-7-11;1-18(2)26-12-11(8-28)25-16(13(12)27-18)24-15-10(7-20-24)14(22-17(19)23-15)21-9-5-3-4-6-9/h8,11,13-15,18H,4-7,9H2,1-3H3,(H,23,24,25);7,9,11-13,16,28H,3-6,8H2,1-2H3,(H,21,22,23)/t13-,14-,15-,18-;11-,12-,13-,16-/m11/s1. The highest BCUT2D eigenvalue weighted by molar-refractivity contribution is 8.13. The van der Waals surface area contributed by atoms with Crippen molar-refractivity contribution >= 4 is 86.4 Å². The summed E-state index contributed by atoms with van der Waals surface area (Å²) in [5.74, 6) is 0.994. The number of fused-ring (bicyclic) bond motifs is 4. The van der Waals surface area contributed by atoms with E-state index in [4.69, 9.17) is 51.6 Å². The Morgan fingerprint density at radius 2 is 1.15 bits per heavy atom. The molecular formula is C38H50Cl2N10O7S2. The molecular weight excluding hydrogens is 844 g/mol. The second-order valence-corrected chi connectivity index (χ2v) is 19.1. The van der Waals surface area contributed by atoms with Gasteiger partial charge in [-0.1, -0.05) is 37.4 Å². The van der Waals surface area contributed by atoms with Crippen LogP contribution in [0.2, 0.25) is 10.6 Å². The fraction of sp³-hybridized carbons (Fsp3) is 0.711. The van der Waals surface area contributed by atoms with Crippen LogP contribution in [-0.4, -0.2) is 116 Å². The first-order valence-corrected chi connectivity index (χ1v) is 22.7. The number of ether oxygens (including phenoxy) is 6. The summed E-state index contributed by atoms with van der Waals surface area (Å²) in [5, 5.41) is 18.1. The van der Waals surface area contributed by atoms with Crippen LogP contribution in [0.3, 0.4) is 0 Å². The quantitative estimate of drug-likeness (QED) is 0.119. The monoisotopic (exact) mass is 892 g/mol. The number of aromatic nitrogens is 8. The first kappa shape index (κ1) is 41.7. The van der Waals surface area contributed by atoms with E-state index in [9.17, 15) is 4.79 Å². The van der Waals surface area contributed by atoms with Gasteiger partial charge in [0, 0.05) is 30.5 Å². The van der Waals surface area contributed by atoms with Crippen LogP contribution in [0.15, 0.2) is 12.4 Å². The minimum Gasteiger partial charge on any atom is -0.367 e. The topological polar surface area (TPSA) is 184 Å². The SMILES string of the molecule is CC(=O)SC[C@H]1O[C@@H](n2ncc3c(NC4CCCC4)nc(Cl)nc32)[C@@H]2OC(C)(C)O[C@@H]21.CC1(C)O[C@@H]2[C@H](O1)[C@@H](CS)O[C@H]2n1ncc2c(NC3CCCC3)nc(Cl)nc21. The Morgan fingerprint density at radius 1 is 0.729 bits per heavy atom. The molecule has 2 aliphatic carbocycles. The Kier molecular flexibility index (Phi) is 11.7. The first-order chi connectivity index (χ1) is 28.3. The van der Waals surface area contributed by atoms with Gasteiger partial charge in [0.1, 0.15) is 36.1 Å². The number of thioether (sulfide) groups is 1. The lowest BCUT2D eigenvalue weighted by Gasteiger charge is -2.24. The molecule has 10 rings (SSSR count). The Morgan fingerprint density at radius 3 is 1.59 bits per heavy atom. The van der Waals surface area contributed by atoms with Gasteiger partial charge in [0.25, 0.3) is 0 Å². The number of thiol groups is 1. The molecule has 4 aliphatic heterocycles. The van der Waals surface area contributed by atoms with Crippen molar-refractivity contribution in [1.29, 1.82) is 0 Å². The average molecular weight is 894 g/mol. The maximum atomic E-state index is 11.5. The Balaban J connectivity index is 0.000000153. The zero-order chi connectivity index (χ0) is 41.2. The summed E-state index contributed by atoms with van der Waals surface area (Å²) in [6.07, 6.45) is 10.2. The molecule has 4 saturated heterocycles. The number of carbonyl (C=O) groups excluding carboxylic acids is 1. The number of halogens is 2. The summed E-state index contributed by atoms with van der Waals surface area (Å²) >= 11 is 18.2. The molecule has 0 radical (unpaired) electrons. The van der Waals surface area contributed by atoms with Crippen molar-refractivity contribution in [2.24, 2.45) is 0 Å². The summed E-state index contributed by atoms with van der Waals surface area (Å²) in [7, 11) is 0. The minimum atomic E-state index is -0.749. The minimum absolute atomic E-state index is 0.0356.